The van der Waals surface area contributed by atoms with Crippen molar-refractivity contribution in [2.24, 2.45) is 11.8 Å². The Balaban J connectivity index is 1.61. The zero-order chi connectivity index (χ0) is 18.0. The number of amides is 1. The monoisotopic (exact) mass is 348 g/mol. The summed E-state index contributed by atoms with van der Waals surface area (Å²) < 4.78 is 8.08. The fourth-order valence-corrected chi connectivity index (χ4v) is 4.26. The second kappa shape index (κ2) is 7.85. The molecule has 1 amide bonds. The summed E-state index contributed by atoms with van der Waals surface area (Å²) in [6.45, 7) is 11.0. The summed E-state index contributed by atoms with van der Waals surface area (Å²) in [6, 6.07) is 0.371. The van der Waals surface area contributed by atoms with Crippen LogP contribution in [0.2, 0.25) is 0 Å². The van der Waals surface area contributed by atoms with Crippen molar-refractivity contribution >= 4 is 5.91 Å². The number of carbonyl (C=O) groups excluding carboxylic acids is 1. The minimum Gasteiger partial charge on any atom is -0.377 e. The van der Waals surface area contributed by atoms with Crippen LogP contribution in [0.5, 0.6) is 0 Å². The van der Waals surface area contributed by atoms with Gasteiger partial charge in [0.15, 0.2) is 0 Å². The van der Waals surface area contributed by atoms with Gasteiger partial charge in [0.1, 0.15) is 12.2 Å². The Bertz CT molecular complexity index is 576. The predicted molar refractivity (Wildman–Crippen MR) is 96.3 cm³/mol. The Morgan fingerprint density at radius 3 is 2.56 bits per heavy atom. The van der Waals surface area contributed by atoms with Crippen LogP contribution in [0.3, 0.4) is 0 Å². The molecule has 0 radical (unpaired) electrons. The minimum absolute atomic E-state index is 0.0321. The highest BCUT2D eigenvalue weighted by Crippen LogP contribution is 2.32. The van der Waals surface area contributed by atoms with Gasteiger partial charge in [-0.25, -0.2) is 0 Å². The summed E-state index contributed by atoms with van der Waals surface area (Å²) in [5.41, 5.74) is 0. The van der Waals surface area contributed by atoms with E-state index in [1.54, 1.807) is 0 Å². The van der Waals surface area contributed by atoms with Crippen LogP contribution >= 0.6 is 0 Å². The Kier molecular flexibility index (Phi) is 5.77. The van der Waals surface area contributed by atoms with Crippen molar-refractivity contribution in [2.45, 2.75) is 71.4 Å². The van der Waals surface area contributed by atoms with E-state index in [-0.39, 0.29) is 12.0 Å². The number of aromatic nitrogens is 3. The maximum Gasteiger partial charge on any atom is 0.228 e. The van der Waals surface area contributed by atoms with Crippen LogP contribution in [-0.4, -0.2) is 51.4 Å². The molecule has 1 aromatic heterocycles. The number of nitrogens with zero attached hydrogens (tertiary/aromatic N) is 4. The summed E-state index contributed by atoms with van der Waals surface area (Å²) in [5.74, 6) is 2.18. The van der Waals surface area contributed by atoms with Gasteiger partial charge in [-0.1, -0.05) is 13.8 Å². The maximum atomic E-state index is 13.0. The van der Waals surface area contributed by atoms with E-state index in [0.29, 0.717) is 23.8 Å². The smallest absolute Gasteiger partial charge is 0.228 e. The van der Waals surface area contributed by atoms with Crippen molar-refractivity contribution in [3.05, 3.63) is 12.2 Å². The molecule has 2 atom stereocenters. The van der Waals surface area contributed by atoms with Crippen molar-refractivity contribution in [3.63, 3.8) is 0 Å². The fourth-order valence-electron chi connectivity index (χ4n) is 4.26. The number of piperidine rings is 1. The Morgan fingerprint density at radius 1 is 1.20 bits per heavy atom. The molecule has 0 unspecified atom stereocenters. The van der Waals surface area contributed by atoms with Gasteiger partial charge in [-0.2, -0.15) is 0 Å². The van der Waals surface area contributed by atoms with Crippen molar-refractivity contribution < 1.29 is 9.53 Å². The first-order chi connectivity index (χ1) is 12.0. The molecule has 3 rings (SSSR count). The van der Waals surface area contributed by atoms with Crippen LogP contribution in [0.15, 0.2) is 6.33 Å². The van der Waals surface area contributed by atoms with Gasteiger partial charge in [0.05, 0.1) is 12.0 Å². The first-order valence-corrected chi connectivity index (χ1v) is 9.78. The molecule has 25 heavy (non-hydrogen) atoms. The highest BCUT2D eigenvalue weighted by molar-refractivity contribution is 5.79. The Morgan fingerprint density at radius 2 is 1.92 bits per heavy atom. The zero-order valence-corrected chi connectivity index (χ0v) is 16.0. The molecule has 3 heterocycles. The third-order valence-electron chi connectivity index (χ3n) is 5.67. The average molecular weight is 348 g/mol. The number of rotatable bonds is 4. The van der Waals surface area contributed by atoms with Crippen molar-refractivity contribution in [1.29, 1.82) is 0 Å². The van der Waals surface area contributed by atoms with Crippen LogP contribution in [0, 0.1) is 11.8 Å². The van der Waals surface area contributed by atoms with Crippen LogP contribution in [0.1, 0.15) is 71.2 Å². The predicted octanol–water partition coefficient (Wildman–Crippen LogP) is 3.02. The van der Waals surface area contributed by atoms with Gasteiger partial charge >= 0.3 is 0 Å². The highest BCUT2D eigenvalue weighted by atomic mass is 16.5. The molecule has 0 saturated carbocycles. The molecule has 2 saturated heterocycles. The maximum absolute atomic E-state index is 13.0. The lowest BCUT2D eigenvalue weighted by atomic mass is 9.85. The first kappa shape index (κ1) is 18.4. The lowest BCUT2D eigenvalue weighted by Gasteiger charge is -2.39. The van der Waals surface area contributed by atoms with Crippen LogP contribution in [-0.2, 0) is 9.53 Å². The molecular weight excluding hydrogens is 316 g/mol. The Hall–Kier alpha value is -1.43. The molecule has 0 spiro atoms. The summed E-state index contributed by atoms with van der Waals surface area (Å²) in [6.07, 6.45) is 5.79. The molecule has 1 aromatic rings. The molecule has 2 aliphatic rings. The summed E-state index contributed by atoms with van der Waals surface area (Å²) >= 11 is 0. The molecule has 2 aliphatic heterocycles. The zero-order valence-electron chi connectivity index (χ0n) is 16.0. The third-order valence-corrected chi connectivity index (χ3v) is 5.67. The van der Waals surface area contributed by atoms with Gasteiger partial charge < -0.3 is 14.2 Å². The standard InChI is InChI=1S/C19H32N4O2/c1-13(2)17-16(6-5-11-25-17)19(24)22-9-7-15(8-10-22)18-21-20-12-23(18)14(3)4/h12-17H,5-11H2,1-4H3/t16-,17-/m1/s1. The van der Waals surface area contributed by atoms with Gasteiger partial charge in [-0.05, 0) is 45.4 Å². The van der Waals surface area contributed by atoms with Gasteiger partial charge in [-0.3, -0.25) is 4.79 Å². The van der Waals surface area contributed by atoms with Gasteiger partial charge in [0, 0.05) is 31.7 Å². The molecule has 6 heteroatoms. The number of ether oxygens (including phenoxy) is 1. The summed E-state index contributed by atoms with van der Waals surface area (Å²) in [5, 5.41) is 8.44. The van der Waals surface area contributed by atoms with E-state index in [9.17, 15) is 4.79 Å². The molecule has 0 aliphatic carbocycles. The van der Waals surface area contributed by atoms with E-state index in [4.69, 9.17) is 4.74 Å². The summed E-state index contributed by atoms with van der Waals surface area (Å²) in [4.78, 5) is 15.1. The lowest BCUT2D eigenvalue weighted by Crippen LogP contribution is -2.48. The lowest BCUT2D eigenvalue weighted by molar-refractivity contribution is -0.148. The first-order valence-electron chi connectivity index (χ1n) is 9.78. The molecule has 0 aromatic carbocycles. The summed E-state index contributed by atoms with van der Waals surface area (Å²) in [7, 11) is 0. The second-order valence-corrected chi connectivity index (χ2v) is 8.12. The quantitative estimate of drug-likeness (QED) is 0.839. The highest BCUT2D eigenvalue weighted by Gasteiger charge is 2.37. The third kappa shape index (κ3) is 3.89. The molecule has 2 fully saturated rings. The SMILES string of the molecule is CC(C)[C@H]1OCCC[C@H]1C(=O)N1CCC(c2nncn2C(C)C)CC1. The van der Waals surface area contributed by atoms with Crippen LogP contribution in [0.4, 0.5) is 0 Å². The van der Waals surface area contributed by atoms with E-state index < -0.39 is 0 Å². The Labute approximate surface area is 150 Å². The number of likely N-dealkylation sites (tertiary alicyclic amines) is 1. The van der Waals surface area contributed by atoms with Gasteiger partial charge in [-0.15, -0.1) is 10.2 Å². The largest absolute Gasteiger partial charge is 0.377 e. The number of carbonyl (C=O) groups is 1. The van der Waals surface area contributed by atoms with Crippen LogP contribution < -0.4 is 0 Å². The molecule has 6 nitrogen and oxygen atoms in total. The van der Waals surface area contributed by atoms with Crippen molar-refractivity contribution in [3.8, 4) is 0 Å². The molecular formula is C19H32N4O2. The van der Waals surface area contributed by atoms with E-state index in [1.165, 1.54) is 0 Å². The molecule has 140 valence electrons. The van der Waals surface area contributed by atoms with Gasteiger partial charge in [0.2, 0.25) is 5.91 Å². The minimum atomic E-state index is 0.0321. The normalized spacial score (nSPS) is 25.8. The fraction of sp³-hybridized carbons (Fsp3) is 0.842. The van der Waals surface area contributed by atoms with Crippen molar-refractivity contribution in [2.75, 3.05) is 19.7 Å². The second-order valence-electron chi connectivity index (χ2n) is 8.12. The van der Waals surface area contributed by atoms with Crippen molar-refractivity contribution in [1.82, 2.24) is 19.7 Å². The van der Waals surface area contributed by atoms with E-state index in [1.807, 2.05) is 6.33 Å². The van der Waals surface area contributed by atoms with E-state index >= 15 is 0 Å². The molecule has 0 bridgehead atoms. The number of hydrogen-bond acceptors (Lipinski definition) is 4. The molecule has 0 N–H and O–H groups in total. The topological polar surface area (TPSA) is 60.2 Å². The average Bonchev–Trinajstić information content (AvgIpc) is 3.11. The van der Waals surface area contributed by atoms with Crippen LogP contribution in [0.25, 0.3) is 0 Å². The van der Waals surface area contributed by atoms with E-state index in [0.717, 1.165) is 51.2 Å². The van der Waals surface area contributed by atoms with Gasteiger partial charge in [0.25, 0.3) is 0 Å². The number of hydrogen-bond donors (Lipinski definition) is 0. The van der Waals surface area contributed by atoms with E-state index in [2.05, 4.69) is 47.4 Å².